The Hall–Kier alpha value is -2.76. The molecule has 1 atom stereocenters. The van der Waals surface area contributed by atoms with Crippen molar-refractivity contribution >= 4 is 37.5 Å². The first-order valence-corrected chi connectivity index (χ1v) is 12.8. The van der Waals surface area contributed by atoms with Crippen molar-refractivity contribution in [3.63, 3.8) is 0 Å². The SMILES string of the molecule is Cn1c(=NC(=O)C2CCCN(S(=O)(=O)c3ccc(F)cc3)C2)sc2cc3c(cc21)OCCO3. The van der Waals surface area contributed by atoms with Crippen LogP contribution in [0.2, 0.25) is 0 Å². The van der Waals surface area contributed by atoms with Crippen LogP contribution < -0.4 is 14.3 Å². The largest absolute Gasteiger partial charge is 0.486 e. The zero-order valence-corrected chi connectivity index (χ0v) is 19.5. The van der Waals surface area contributed by atoms with E-state index < -0.39 is 21.8 Å². The molecule has 0 spiro atoms. The second-order valence-corrected chi connectivity index (χ2v) is 11.0. The van der Waals surface area contributed by atoms with Crippen LogP contribution in [0.15, 0.2) is 46.3 Å². The minimum absolute atomic E-state index is 0.0123. The molecular weight excluding hydrogens is 469 g/mol. The van der Waals surface area contributed by atoms with E-state index in [0.29, 0.717) is 48.9 Å². The summed E-state index contributed by atoms with van der Waals surface area (Å²) < 4.78 is 54.4. The van der Waals surface area contributed by atoms with Gasteiger partial charge in [-0.3, -0.25) is 4.79 Å². The zero-order chi connectivity index (χ0) is 23.2. The van der Waals surface area contributed by atoms with E-state index in [1.807, 2.05) is 23.7 Å². The van der Waals surface area contributed by atoms with Gasteiger partial charge in [0.25, 0.3) is 5.91 Å². The molecule has 3 heterocycles. The number of aromatic nitrogens is 1. The number of thiazole rings is 1. The third-order valence-corrected chi connectivity index (χ3v) is 8.84. The second kappa shape index (κ2) is 8.54. The maximum absolute atomic E-state index is 13.2. The maximum atomic E-state index is 13.2. The molecule has 1 saturated heterocycles. The number of hydrogen-bond acceptors (Lipinski definition) is 6. The van der Waals surface area contributed by atoms with Crippen LogP contribution in [0.1, 0.15) is 12.8 Å². The lowest BCUT2D eigenvalue weighted by Gasteiger charge is -2.30. The van der Waals surface area contributed by atoms with Gasteiger partial charge in [-0.15, -0.1) is 0 Å². The number of carbonyl (C=O) groups is 1. The highest BCUT2D eigenvalue weighted by atomic mass is 32.2. The van der Waals surface area contributed by atoms with Gasteiger partial charge in [0.05, 0.1) is 21.0 Å². The lowest BCUT2D eigenvalue weighted by molar-refractivity contribution is -0.122. The highest BCUT2D eigenvalue weighted by Crippen LogP contribution is 2.35. The van der Waals surface area contributed by atoms with Crippen molar-refractivity contribution in [2.24, 2.45) is 18.0 Å². The minimum atomic E-state index is -3.81. The summed E-state index contributed by atoms with van der Waals surface area (Å²) in [5.74, 6) is -0.0709. The number of amides is 1. The molecule has 33 heavy (non-hydrogen) atoms. The van der Waals surface area contributed by atoms with Crippen LogP contribution in [-0.2, 0) is 21.9 Å². The number of halogens is 1. The number of aryl methyl sites for hydroxylation is 1. The molecule has 1 fully saturated rings. The smallest absolute Gasteiger partial charge is 0.252 e. The molecule has 5 rings (SSSR count). The van der Waals surface area contributed by atoms with Gasteiger partial charge >= 0.3 is 0 Å². The molecule has 0 aliphatic carbocycles. The first-order valence-electron chi connectivity index (χ1n) is 10.6. The number of sulfonamides is 1. The van der Waals surface area contributed by atoms with Gasteiger partial charge in [-0.2, -0.15) is 9.30 Å². The number of hydrogen-bond donors (Lipinski definition) is 0. The van der Waals surface area contributed by atoms with E-state index in [2.05, 4.69) is 4.99 Å². The Kier molecular flexibility index (Phi) is 5.71. The number of ether oxygens (including phenoxy) is 2. The second-order valence-electron chi connectivity index (χ2n) is 8.01. The third-order valence-electron chi connectivity index (χ3n) is 5.86. The monoisotopic (exact) mass is 491 g/mol. The van der Waals surface area contributed by atoms with Gasteiger partial charge in [0.1, 0.15) is 19.0 Å². The molecule has 1 amide bonds. The molecule has 2 aliphatic rings. The summed E-state index contributed by atoms with van der Waals surface area (Å²) in [4.78, 5) is 17.9. The third kappa shape index (κ3) is 4.16. The number of carbonyl (C=O) groups excluding carboxylic acids is 1. The van der Waals surface area contributed by atoms with Gasteiger partial charge in [0, 0.05) is 32.3 Å². The molecule has 0 bridgehead atoms. The number of fused-ring (bicyclic) bond motifs is 2. The number of nitrogens with zero attached hydrogens (tertiary/aromatic N) is 3. The molecule has 174 valence electrons. The Morgan fingerprint density at radius 1 is 1.15 bits per heavy atom. The first kappa shape index (κ1) is 22.1. The van der Waals surface area contributed by atoms with E-state index in [1.54, 1.807) is 0 Å². The fourth-order valence-electron chi connectivity index (χ4n) is 4.07. The lowest BCUT2D eigenvalue weighted by atomic mass is 9.99. The summed E-state index contributed by atoms with van der Waals surface area (Å²) >= 11 is 1.37. The van der Waals surface area contributed by atoms with Crippen LogP contribution in [0.5, 0.6) is 11.5 Å². The summed E-state index contributed by atoms with van der Waals surface area (Å²) in [6, 6.07) is 8.47. The Labute approximate surface area is 193 Å². The summed E-state index contributed by atoms with van der Waals surface area (Å²) in [6.45, 7) is 1.34. The molecule has 3 aromatic rings. The molecule has 0 N–H and O–H groups in total. The standard InChI is InChI=1S/C22H22FN3O5S2/c1-25-17-11-18-19(31-10-9-30-18)12-20(17)32-22(25)24-21(27)14-3-2-8-26(13-14)33(28,29)16-6-4-15(23)5-7-16/h4-7,11-12,14H,2-3,8-10,13H2,1H3. The maximum Gasteiger partial charge on any atom is 0.252 e. The molecule has 2 aromatic carbocycles. The van der Waals surface area contributed by atoms with Crippen LogP contribution in [0.3, 0.4) is 0 Å². The Morgan fingerprint density at radius 2 is 1.85 bits per heavy atom. The van der Waals surface area contributed by atoms with Crippen molar-refractivity contribution in [3.05, 3.63) is 47.0 Å². The van der Waals surface area contributed by atoms with Crippen molar-refractivity contribution in [3.8, 4) is 11.5 Å². The van der Waals surface area contributed by atoms with Crippen molar-refractivity contribution in [1.82, 2.24) is 8.87 Å². The molecule has 0 radical (unpaired) electrons. The average molecular weight is 492 g/mol. The summed E-state index contributed by atoms with van der Waals surface area (Å²) in [5, 5.41) is 0. The van der Waals surface area contributed by atoms with Gasteiger partial charge in [0.2, 0.25) is 10.0 Å². The van der Waals surface area contributed by atoms with Crippen molar-refractivity contribution < 1.29 is 27.1 Å². The van der Waals surface area contributed by atoms with Crippen molar-refractivity contribution in [2.75, 3.05) is 26.3 Å². The molecular formula is C22H22FN3O5S2. The Balaban J connectivity index is 1.41. The van der Waals surface area contributed by atoms with Crippen LogP contribution in [0.25, 0.3) is 10.2 Å². The van der Waals surface area contributed by atoms with Gasteiger partial charge in [-0.1, -0.05) is 11.3 Å². The van der Waals surface area contributed by atoms with E-state index in [0.717, 1.165) is 22.3 Å². The molecule has 1 aromatic heterocycles. The van der Waals surface area contributed by atoms with Gasteiger partial charge in [-0.05, 0) is 37.1 Å². The first-order chi connectivity index (χ1) is 15.8. The predicted molar refractivity (Wildman–Crippen MR) is 120 cm³/mol. The number of benzene rings is 2. The normalized spacial score (nSPS) is 19.7. The van der Waals surface area contributed by atoms with E-state index in [-0.39, 0.29) is 17.3 Å². The van der Waals surface area contributed by atoms with Crippen molar-refractivity contribution in [1.29, 1.82) is 0 Å². The Morgan fingerprint density at radius 3 is 2.58 bits per heavy atom. The van der Waals surface area contributed by atoms with E-state index in [1.165, 1.54) is 27.8 Å². The van der Waals surface area contributed by atoms with E-state index in [4.69, 9.17) is 9.47 Å². The summed E-state index contributed by atoms with van der Waals surface area (Å²) in [5.41, 5.74) is 0.875. The van der Waals surface area contributed by atoms with Gasteiger partial charge in [-0.25, -0.2) is 12.8 Å². The van der Waals surface area contributed by atoms with Crippen LogP contribution in [0.4, 0.5) is 4.39 Å². The van der Waals surface area contributed by atoms with Gasteiger partial charge in [0.15, 0.2) is 16.3 Å². The number of piperidine rings is 1. The van der Waals surface area contributed by atoms with Gasteiger partial charge < -0.3 is 14.0 Å². The quantitative estimate of drug-likeness (QED) is 0.562. The molecule has 2 aliphatic heterocycles. The highest BCUT2D eigenvalue weighted by Gasteiger charge is 2.33. The molecule has 0 saturated carbocycles. The van der Waals surface area contributed by atoms with Crippen LogP contribution >= 0.6 is 11.3 Å². The molecule has 1 unspecified atom stereocenters. The fraction of sp³-hybridized carbons (Fsp3) is 0.364. The van der Waals surface area contributed by atoms with Crippen LogP contribution in [-0.4, -0.2) is 49.5 Å². The van der Waals surface area contributed by atoms with E-state index >= 15 is 0 Å². The van der Waals surface area contributed by atoms with Crippen LogP contribution in [0, 0.1) is 11.7 Å². The van der Waals surface area contributed by atoms with E-state index in [9.17, 15) is 17.6 Å². The average Bonchev–Trinajstić information content (AvgIpc) is 3.12. The summed E-state index contributed by atoms with van der Waals surface area (Å²) in [7, 11) is -1.99. The summed E-state index contributed by atoms with van der Waals surface area (Å²) in [6.07, 6.45) is 1.11. The fourth-order valence-corrected chi connectivity index (χ4v) is 6.63. The molecule has 11 heteroatoms. The Bertz CT molecular complexity index is 1400. The minimum Gasteiger partial charge on any atom is -0.486 e. The lowest BCUT2D eigenvalue weighted by Crippen LogP contribution is -2.42. The predicted octanol–water partition coefficient (Wildman–Crippen LogP) is 2.68. The molecule has 8 nitrogen and oxygen atoms in total. The topological polar surface area (TPSA) is 90.2 Å². The highest BCUT2D eigenvalue weighted by molar-refractivity contribution is 7.89. The number of rotatable bonds is 3. The zero-order valence-electron chi connectivity index (χ0n) is 17.9. The van der Waals surface area contributed by atoms with Crippen molar-refractivity contribution in [2.45, 2.75) is 17.7 Å².